The molecule has 10 heteroatoms. The third kappa shape index (κ3) is 4.79. The molecule has 3 rings (SSSR count). The van der Waals surface area contributed by atoms with Gasteiger partial charge in [0.15, 0.2) is 0 Å². The number of nitrogens with one attached hydrogen (secondary N) is 2. The molecule has 0 aliphatic heterocycles. The van der Waals surface area contributed by atoms with Gasteiger partial charge in [0.05, 0.1) is 16.4 Å². The van der Waals surface area contributed by atoms with Crippen molar-refractivity contribution in [2.24, 2.45) is 0 Å². The van der Waals surface area contributed by atoms with Crippen molar-refractivity contribution >= 4 is 55.7 Å². The number of aromatic nitrogens is 4. The molecule has 0 aliphatic carbocycles. The number of unbranched alkanes of at least 4 members (excludes halogenated alkanes) is 1. The predicted molar refractivity (Wildman–Crippen MR) is 118 cm³/mol. The number of hydrogen-bond donors (Lipinski definition) is 2. The van der Waals surface area contributed by atoms with Gasteiger partial charge in [-0.15, -0.1) is 33.3 Å². The highest BCUT2D eigenvalue weighted by atomic mass is 32.2. The lowest BCUT2D eigenvalue weighted by Gasteiger charge is -2.09. The summed E-state index contributed by atoms with van der Waals surface area (Å²) in [5.41, 5.74) is 0.865. The van der Waals surface area contributed by atoms with Gasteiger partial charge in [-0.25, -0.2) is 4.98 Å². The quantitative estimate of drug-likeness (QED) is 0.551. The fourth-order valence-electron chi connectivity index (χ4n) is 2.59. The molecule has 7 nitrogen and oxygen atoms in total. The molecule has 1 amide bonds. The van der Waals surface area contributed by atoms with Crippen LogP contribution >= 0.6 is 34.4 Å². The molecule has 2 N–H and O–H groups in total. The highest BCUT2D eigenvalue weighted by Crippen LogP contribution is 2.27. The molecule has 3 heterocycles. The Morgan fingerprint density at radius 3 is 2.82 bits per heavy atom. The minimum atomic E-state index is -0.309. The van der Waals surface area contributed by atoms with Gasteiger partial charge in [-0.2, -0.15) is 0 Å². The van der Waals surface area contributed by atoms with E-state index in [4.69, 9.17) is 0 Å². The molecule has 3 aromatic heterocycles. The van der Waals surface area contributed by atoms with E-state index in [9.17, 15) is 9.59 Å². The van der Waals surface area contributed by atoms with Crippen molar-refractivity contribution in [1.29, 1.82) is 0 Å². The molecule has 0 aromatic carbocycles. The van der Waals surface area contributed by atoms with E-state index < -0.39 is 0 Å². The SMILES string of the molecule is CCCCc1nnc(NC(=O)C(C)SCc2nc3sc(C)c(C)c3c(=O)[nH]2)s1. The zero-order chi connectivity index (χ0) is 20.3. The summed E-state index contributed by atoms with van der Waals surface area (Å²) in [5, 5.41) is 12.8. The largest absolute Gasteiger partial charge is 0.309 e. The van der Waals surface area contributed by atoms with E-state index >= 15 is 0 Å². The molecule has 0 aliphatic rings. The van der Waals surface area contributed by atoms with Crippen LogP contribution in [0, 0.1) is 13.8 Å². The predicted octanol–water partition coefficient (Wildman–Crippen LogP) is 4.06. The maximum atomic E-state index is 12.4. The number of thioether (sulfide) groups is 1. The first-order chi connectivity index (χ1) is 13.4. The second-order valence-electron chi connectivity index (χ2n) is 6.52. The van der Waals surface area contributed by atoms with Crippen LogP contribution in [-0.4, -0.2) is 31.3 Å². The number of hydrogen-bond acceptors (Lipinski definition) is 8. The van der Waals surface area contributed by atoms with E-state index in [1.807, 2.05) is 20.8 Å². The number of rotatable bonds is 8. The lowest BCUT2D eigenvalue weighted by molar-refractivity contribution is -0.115. The Labute approximate surface area is 175 Å². The Kier molecular flexibility index (Phi) is 6.84. The maximum Gasteiger partial charge on any atom is 0.259 e. The van der Waals surface area contributed by atoms with Crippen LogP contribution in [0.2, 0.25) is 0 Å². The van der Waals surface area contributed by atoms with Gasteiger partial charge in [-0.3, -0.25) is 14.9 Å². The number of anilines is 1. The highest BCUT2D eigenvalue weighted by molar-refractivity contribution is 7.99. The van der Waals surface area contributed by atoms with Crippen molar-refractivity contribution < 1.29 is 4.79 Å². The standard InChI is InChI=1S/C18H23N5O2S3/c1-5-6-7-13-22-23-18(28-13)21-15(24)11(4)26-8-12-19-16(25)14-9(2)10(3)27-17(14)20-12/h11H,5-8H2,1-4H3,(H,19,20,25)(H,21,23,24). The molecular weight excluding hydrogens is 414 g/mol. The lowest BCUT2D eigenvalue weighted by atomic mass is 10.2. The number of carbonyl (C=O) groups excluding carboxylic acids is 1. The van der Waals surface area contributed by atoms with Crippen LogP contribution in [0.1, 0.15) is 48.0 Å². The first kappa shape index (κ1) is 20.9. The number of aryl methyl sites for hydroxylation is 3. The molecule has 0 radical (unpaired) electrons. The number of amides is 1. The van der Waals surface area contributed by atoms with Crippen LogP contribution in [0.25, 0.3) is 10.2 Å². The van der Waals surface area contributed by atoms with E-state index in [1.165, 1.54) is 34.4 Å². The highest BCUT2D eigenvalue weighted by Gasteiger charge is 2.17. The molecule has 0 bridgehead atoms. The van der Waals surface area contributed by atoms with Crippen molar-refractivity contribution in [3.8, 4) is 0 Å². The van der Waals surface area contributed by atoms with Crippen LogP contribution in [0.15, 0.2) is 4.79 Å². The molecule has 3 aromatic rings. The van der Waals surface area contributed by atoms with Crippen molar-refractivity contribution in [2.45, 2.75) is 58.0 Å². The van der Waals surface area contributed by atoms with Crippen LogP contribution < -0.4 is 10.9 Å². The summed E-state index contributed by atoms with van der Waals surface area (Å²) in [6, 6.07) is 0. The summed E-state index contributed by atoms with van der Waals surface area (Å²) in [6.45, 7) is 7.88. The monoisotopic (exact) mass is 437 g/mol. The van der Waals surface area contributed by atoms with Crippen molar-refractivity contribution in [1.82, 2.24) is 20.2 Å². The third-order valence-electron chi connectivity index (χ3n) is 4.37. The Balaban J connectivity index is 1.59. The van der Waals surface area contributed by atoms with Gasteiger partial charge in [0.2, 0.25) is 11.0 Å². The van der Waals surface area contributed by atoms with Gasteiger partial charge in [0.25, 0.3) is 5.56 Å². The number of fused-ring (bicyclic) bond motifs is 1. The second kappa shape index (κ2) is 9.15. The molecule has 0 saturated carbocycles. The van der Waals surface area contributed by atoms with Crippen LogP contribution in [0.5, 0.6) is 0 Å². The minimum Gasteiger partial charge on any atom is -0.309 e. The number of thiophene rings is 1. The Bertz CT molecular complexity index is 1040. The Hall–Kier alpha value is -1.78. The van der Waals surface area contributed by atoms with Gasteiger partial charge >= 0.3 is 0 Å². The topological polar surface area (TPSA) is 101 Å². The van der Waals surface area contributed by atoms with Gasteiger partial charge in [0.1, 0.15) is 15.7 Å². The van der Waals surface area contributed by atoms with Crippen molar-refractivity contribution in [2.75, 3.05) is 5.32 Å². The van der Waals surface area contributed by atoms with E-state index in [-0.39, 0.29) is 16.7 Å². The van der Waals surface area contributed by atoms with Crippen LogP contribution in [0.3, 0.4) is 0 Å². The Morgan fingerprint density at radius 2 is 2.07 bits per heavy atom. The summed E-state index contributed by atoms with van der Waals surface area (Å²) in [5.74, 6) is 0.906. The second-order valence-corrected chi connectivity index (χ2v) is 10.1. The molecule has 28 heavy (non-hydrogen) atoms. The molecule has 0 fully saturated rings. The molecule has 0 spiro atoms. The van der Waals surface area contributed by atoms with E-state index in [0.29, 0.717) is 22.1 Å². The summed E-state index contributed by atoms with van der Waals surface area (Å²) in [7, 11) is 0. The lowest BCUT2D eigenvalue weighted by Crippen LogP contribution is -2.23. The fourth-order valence-corrected chi connectivity index (χ4v) is 5.18. The summed E-state index contributed by atoms with van der Waals surface area (Å²) < 4.78 is 0. The third-order valence-corrected chi connectivity index (χ3v) is 7.52. The number of aromatic amines is 1. The smallest absolute Gasteiger partial charge is 0.259 e. The summed E-state index contributed by atoms with van der Waals surface area (Å²) in [6.07, 6.45) is 3.05. The fraction of sp³-hybridized carbons (Fsp3) is 0.500. The molecular formula is C18H23N5O2S3. The number of nitrogens with zero attached hydrogens (tertiary/aromatic N) is 3. The van der Waals surface area contributed by atoms with E-state index in [2.05, 4.69) is 32.4 Å². The zero-order valence-electron chi connectivity index (χ0n) is 16.3. The van der Waals surface area contributed by atoms with Gasteiger partial charge in [-0.05, 0) is 32.8 Å². The number of H-pyrrole nitrogens is 1. The molecule has 150 valence electrons. The van der Waals surface area contributed by atoms with Crippen molar-refractivity contribution in [3.63, 3.8) is 0 Å². The molecule has 1 atom stereocenters. The van der Waals surface area contributed by atoms with Gasteiger partial charge in [0, 0.05) is 11.3 Å². The van der Waals surface area contributed by atoms with Crippen LogP contribution in [0.4, 0.5) is 5.13 Å². The first-order valence-electron chi connectivity index (χ1n) is 9.12. The zero-order valence-corrected chi connectivity index (χ0v) is 18.7. The van der Waals surface area contributed by atoms with E-state index in [0.717, 1.165) is 39.5 Å². The molecule has 0 saturated heterocycles. The van der Waals surface area contributed by atoms with Crippen LogP contribution in [-0.2, 0) is 17.0 Å². The first-order valence-corrected chi connectivity index (χ1v) is 11.8. The number of carbonyl (C=O) groups is 1. The normalized spacial score (nSPS) is 12.4. The average molecular weight is 438 g/mol. The van der Waals surface area contributed by atoms with Gasteiger partial charge < -0.3 is 4.98 Å². The molecule has 1 unspecified atom stereocenters. The minimum absolute atomic E-state index is 0.118. The average Bonchev–Trinajstić information content (AvgIpc) is 3.22. The Morgan fingerprint density at radius 1 is 1.29 bits per heavy atom. The van der Waals surface area contributed by atoms with Crippen molar-refractivity contribution in [3.05, 3.63) is 31.6 Å². The summed E-state index contributed by atoms with van der Waals surface area (Å²) in [4.78, 5) is 34.0. The van der Waals surface area contributed by atoms with Gasteiger partial charge in [-0.1, -0.05) is 24.7 Å². The summed E-state index contributed by atoms with van der Waals surface area (Å²) >= 11 is 4.36. The maximum absolute atomic E-state index is 12.4. The van der Waals surface area contributed by atoms with E-state index in [1.54, 1.807) is 0 Å².